The van der Waals surface area contributed by atoms with E-state index in [4.69, 9.17) is 0 Å². The highest BCUT2D eigenvalue weighted by Gasteiger charge is 2.17. The molecule has 0 aliphatic rings. The third kappa shape index (κ3) is 3.48. The maximum Gasteiger partial charge on any atom is 0.293 e. The van der Waals surface area contributed by atoms with Gasteiger partial charge in [-0.3, -0.25) is 25.0 Å². The van der Waals surface area contributed by atoms with Crippen LogP contribution in [0.5, 0.6) is 0 Å². The largest absolute Gasteiger partial charge is 0.379 e. The molecule has 0 aliphatic carbocycles. The lowest BCUT2D eigenvalue weighted by atomic mass is 10.1. The van der Waals surface area contributed by atoms with Crippen LogP contribution in [0, 0.1) is 20.2 Å². The molecule has 0 atom stereocenters. The number of hydrogen-bond acceptors (Lipinski definition) is 7. The Hall–Kier alpha value is -3.82. The third-order valence-corrected chi connectivity index (χ3v) is 3.83. The van der Waals surface area contributed by atoms with Crippen molar-refractivity contribution >= 4 is 28.0 Å². The van der Waals surface area contributed by atoms with Gasteiger partial charge in [0.1, 0.15) is 5.69 Å². The molecule has 0 aliphatic heterocycles. The van der Waals surface area contributed by atoms with Gasteiger partial charge >= 0.3 is 0 Å². The van der Waals surface area contributed by atoms with Gasteiger partial charge in [0.15, 0.2) is 0 Å². The van der Waals surface area contributed by atoms with Crippen LogP contribution in [0.25, 0.3) is 10.9 Å². The summed E-state index contributed by atoms with van der Waals surface area (Å²) in [6, 6.07) is 8.73. The maximum absolute atomic E-state index is 11.8. The fourth-order valence-electron chi connectivity index (χ4n) is 2.52. The van der Waals surface area contributed by atoms with Crippen molar-refractivity contribution in [1.82, 2.24) is 9.97 Å². The first-order valence-electron chi connectivity index (χ1n) is 7.59. The lowest BCUT2D eigenvalue weighted by Crippen LogP contribution is -2.10. The van der Waals surface area contributed by atoms with Crippen LogP contribution in [0.15, 0.2) is 47.5 Å². The first kappa shape index (κ1) is 17.0. The second kappa shape index (κ2) is 6.97. The Balaban J connectivity index is 1.79. The van der Waals surface area contributed by atoms with E-state index in [-0.39, 0.29) is 22.4 Å². The highest BCUT2D eigenvalue weighted by molar-refractivity contribution is 5.86. The smallest absolute Gasteiger partial charge is 0.293 e. The number of nitrogens with one attached hydrogen (secondary N) is 2. The van der Waals surface area contributed by atoms with E-state index in [9.17, 15) is 25.0 Å². The van der Waals surface area contributed by atoms with Gasteiger partial charge in [0, 0.05) is 24.7 Å². The zero-order valence-corrected chi connectivity index (χ0v) is 13.3. The molecule has 3 rings (SSSR count). The van der Waals surface area contributed by atoms with Crippen LogP contribution in [-0.2, 0) is 6.42 Å². The highest BCUT2D eigenvalue weighted by Crippen LogP contribution is 2.27. The number of non-ortho nitro benzene ring substituents is 1. The Kier molecular flexibility index (Phi) is 4.56. The number of nitro groups is 2. The lowest BCUT2D eigenvalue weighted by Gasteiger charge is -2.08. The molecule has 1 heterocycles. The summed E-state index contributed by atoms with van der Waals surface area (Å²) in [5.41, 5.74) is 0.777. The Morgan fingerprint density at radius 2 is 1.81 bits per heavy atom. The first-order valence-corrected chi connectivity index (χ1v) is 7.59. The Labute approximate surface area is 145 Å². The van der Waals surface area contributed by atoms with Crippen molar-refractivity contribution in [2.75, 3.05) is 11.9 Å². The molecule has 2 N–H and O–H groups in total. The van der Waals surface area contributed by atoms with Crippen LogP contribution in [0.4, 0.5) is 17.1 Å². The van der Waals surface area contributed by atoms with Gasteiger partial charge in [-0.1, -0.05) is 12.1 Å². The second-order valence-electron chi connectivity index (χ2n) is 5.48. The van der Waals surface area contributed by atoms with Crippen LogP contribution in [0.2, 0.25) is 0 Å². The Morgan fingerprint density at radius 3 is 2.46 bits per heavy atom. The predicted molar refractivity (Wildman–Crippen MR) is 94.3 cm³/mol. The molecule has 1 aromatic heterocycles. The molecule has 26 heavy (non-hydrogen) atoms. The van der Waals surface area contributed by atoms with Crippen molar-refractivity contribution in [3.8, 4) is 0 Å². The monoisotopic (exact) mass is 355 g/mol. The van der Waals surface area contributed by atoms with Gasteiger partial charge in [-0.05, 0) is 18.1 Å². The number of nitro benzene ring substituents is 2. The molecule has 132 valence electrons. The topological polar surface area (TPSA) is 144 Å². The number of fused-ring (bicyclic) bond motifs is 1. The standard InChI is InChI=1S/C16H13N5O5/c22-16-12-7-15(21(25)26)14(8-13(12)18-9-19-16)17-6-5-10-1-3-11(4-2-10)20(23)24/h1-4,7-9,17H,5-6H2,(H,18,19,22). The fourth-order valence-corrected chi connectivity index (χ4v) is 2.52. The van der Waals surface area contributed by atoms with E-state index in [1.807, 2.05) is 0 Å². The van der Waals surface area contributed by atoms with Crippen molar-refractivity contribution in [2.45, 2.75) is 6.42 Å². The molecule has 3 aromatic rings. The van der Waals surface area contributed by atoms with Gasteiger partial charge in [0.2, 0.25) is 0 Å². The summed E-state index contributed by atoms with van der Waals surface area (Å²) < 4.78 is 0. The Morgan fingerprint density at radius 1 is 1.08 bits per heavy atom. The molecule has 10 nitrogen and oxygen atoms in total. The minimum atomic E-state index is -0.569. The van der Waals surface area contributed by atoms with Gasteiger partial charge in [-0.25, -0.2) is 4.98 Å². The normalized spacial score (nSPS) is 10.6. The van der Waals surface area contributed by atoms with Crippen LogP contribution in [0.3, 0.4) is 0 Å². The molecule has 0 radical (unpaired) electrons. The van der Waals surface area contributed by atoms with Gasteiger partial charge < -0.3 is 10.3 Å². The highest BCUT2D eigenvalue weighted by atomic mass is 16.6. The quantitative estimate of drug-likeness (QED) is 0.510. The molecule has 0 spiro atoms. The minimum Gasteiger partial charge on any atom is -0.379 e. The number of nitrogens with zero attached hydrogens (tertiary/aromatic N) is 3. The molecular formula is C16H13N5O5. The van der Waals surface area contributed by atoms with Gasteiger partial charge in [0.05, 0.1) is 27.1 Å². The van der Waals surface area contributed by atoms with Crippen LogP contribution in [0.1, 0.15) is 5.56 Å². The predicted octanol–water partition coefficient (Wildman–Crippen LogP) is 2.39. The van der Waals surface area contributed by atoms with E-state index in [0.29, 0.717) is 18.5 Å². The number of hydrogen-bond donors (Lipinski definition) is 2. The number of benzene rings is 2. The molecule has 2 aromatic carbocycles. The summed E-state index contributed by atoms with van der Waals surface area (Å²) in [5, 5.41) is 25.0. The van der Waals surface area contributed by atoms with Crippen molar-refractivity contribution in [3.63, 3.8) is 0 Å². The molecule has 0 saturated carbocycles. The minimum absolute atomic E-state index is 0.00294. The maximum atomic E-state index is 11.8. The summed E-state index contributed by atoms with van der Waals surface area (Å²) in [4.78, 5) is 39.0. The molecule has 0 saturated heterocycles. The van der Waals surface area contributed by atoms with E-state index in [2.05, 4.69) is 15.3 Å². The van der Waals surface area contributed by atoms with Crippen molar-refractivity contribution in [3.05, 3.63) is 78.9 Å². The number of aromatic amines is 1. The SMILES string of the molecule is O=c1[nH]cnc2cc(NCCc3ccc([N+](=O)[O-])cc3)c([N+](=O)[O-])cc12. The van der Waals surface area contributed by atoms with Gasteiger partial charge in [-0.2, -0.15) is 0 Å². The number of H-pyrrole nitrogens is 1. The van der Waals surface area contributed by atoms with Crippen LogP contribution >= 0.6 is 0 Å². The van der Waals surface area contributed by atoms with E-state index >= 15 is 0 Å². The number of rotatable bonds is 6. The summed E-state index contributed by atoms with van der Waals surface area (Å²) in [7, 11) is 0. The van der Waals surface area contributed by atoms with Crippen molar-refractivity contribution < 1.29 is 9.85 Å². The van der Waals surface area contributed by atoms with Crippen molar-refractivity contribution in [2.24, 2.45) is 0 Å². The summed E-state index contributed by atoms with van der Waals surface area (Å²) in [6.45, 7) is 0.368. The molecule has 0 fully saturated rings. The van der Waals surface area contributed by atoms with E-state index in [1.165, 1.54) is 30.6 Å². The molecule has 0 bridgehead atoms. The van der Waals surface area contributed by atoms with Gasteiger partial charge in [0.25, 0.3) is 16.9 Å². The van der Waals surface area contributed by atoms with E-state index in [1.54, 1.807) is 12.1 Å². The molecular weight excluding hydrogens is 342 g/mol. The van der Waals surface area contributed by atoms with Gasteiger partial charge in [-0.15, -0.1) is 0 Å². The summed E-state index contributed by atoms with van der Waals surface area (Å²) in [5.74, 6) is 0. The fraction of sp³-hybridized carbons (Fsp3) is 0.125. The third-order valence-electron chi connectivity index (χ3n) is 3.83. The van der Waals surface area contributed by atoms with Crippen LogP contribution < -0.4 is 10.9 Å². The molecule has 0 unspecified atom stereocenters. The summed E-state index contributed by atoms with van der Waals surface area (Å²) in [6.07, 6.45) is 1.74. The van der Waals surface area contributed by atoms with Crippen LogP contribution in [-0.4, -0.2) is 26.4 Å². The lowest BCUT2D eigenvalue weighted by molar-refractivity contribution is -0.384. The number of anilines is 1. The molecule has 0 amide bonds. The first-order chi connectivity index (χ1) is 12.5. The van der Waals surface area contributed by atoms with Crippen molar-refractivity contribution in [1.29, 1.82) is 0 Å². The molecule has 10 heteroatoms. The zero-order chi connectivity index (χ0) is 18.7. The Bertz CT molecular complexity index is 1050. The number of aromatic nitrogens is 2. The summed E-state index contributed by atoms with van der Waals surface area (Å²) >= 11 is 0. The average Bonchev–Trinajstić information content (AvgIpc) is 2.62. The average molecular weight is 355 g/mol. The van der Waals surface area contributed by atoms with E-state index in [0.717, 1.165) is 5.56 Å². The van der Waals surface area contributed by atoms with E-state index < -0.39 is 15.4 Å². The second-order valence-corrected chi connectivity index (χ2v) is 5.48. The zero-order valence-electron chi connectivity index (χ0n) is 13.3.